The predicted octanol–water partition coefficient (Wildman–Crippen LogP) is 1.10. The SMILES string of the molecule is C=CCN1CCN(C(=O)COc2cccc(O)c2)CC1. The predicted molar refractivity (Wildman–Crippen MR) is 76.8 cm³/mol. The van der Waals surface area contributed by atoms with E-state index in [0.717, 1.165) is 32.7 Å². The molecule has 1 aliphatic rings. The van der Waals surface area contributed by atoms with Crippen LogP contribution in [0, 0.1) is 0 Å². The number of rotatable bonds is 5. The van der Waals surface area contributed by atoms with Crippen molar-refractivity contribution in [3.63, 3.8) is 0 Å². The number of carbonyl (C=O) groups excluding carboxylic acids is 1. The Hall–Kier alpha value is -2.01. The highest BCUT2D eigenvalue weighted by Crippen LogP contribution is 2.17. The summed E-state index contributed by atoms with van der Waals surface area (Å²) in [6.45, 7) is 7.75. The van der Waals surface area contributed by atoms with Gasteiger partial charge in [-0.3, -0.25) is 9.69 Å². The van der Waals surface area contributed by atoms with Crippen molar-refractivity contribution < 1.29 is 14.6 Å². The van der Waals surface area contributed by atoms with Crippen molar-refractivity contribution >= 4 is 5.91 Å². The zero-order chi connectivity index (χ0) is 14.4. The van der Waals surface area contributed by atoms with Crippen molar-refractivity contribution in [2.24, 2.45) is 0 Å². The molecule has 1 aliphatic heterocycles. The smallest absolute Gasteiger partial charge is 0.260 e. The van der Waals surface area contributed by atoms with E-state index in [0.29, 0.717) is 5.75 Å². The van der Waals surface area contributed by atoms with Crippen LogP contribution in [0.4, 0.5) is 0 Å². The molecule has 5 heteroatoms. The van der Waals surface area contributed by atoms with Gasteiger partial charge in [-0.15, -0.1) is 6.58 Å². The van der Waals surface area contributed by atoms with Gasteiger partial charge in [-0.1, -0.05) is 12.1 Å². The van der Waals surface area contributed by atoms with Crippen molar-refractivity contribution in [1.29, 1.82) is 0 Å². The summed E-state index contributed by atoms with van der Waals surface area (Å²) in [5, 5.41) is 9.32. The Morgan fingerprint density at radius 3 is 2.75 bits per heavy atom. The van der Waals surface area contributed by atoms with Crippen molar-refractivity contribution in [2.75, 3.05) is 39.3 Å². The maximum absolute atomic E-state index is 12.0. The normalized spacial score (nSPS) is 15.9. The number of amides is 1. The maximum atomic E-state index is 12.0. The minimum Gasteiger partial charge on any atom is -0.508 e. The molecule has 0 aliphatic carbocycles. The van der Waals surface area contributed by atoms with Gasteiger partial charge in [-0.05, 0) is 12.1 Å². The zero-order valence-electron chi connectivity index (χ0n) is 11.5. The van der Waals surface area contributed by atoms with E-state index in [-0.39, 0.29) is 18.3 Å². The highest BCUT2D eigenvalue weighted by molar-refractivity contribution is 5.77. The zero-order valence-corrected chi connectivity index (χ0v) is 11.5. The van der Waals surface area contributed by atoms with Crippen LogP contribution in [0.3, 0.4) is 0 Å². The van der Waals surface area contributed by atoms with Gasteiger partial charge in [0.05, 0.1) is 0 Å². The second-order valence-corrected chi connectivity index (χ2v) is 4.76. The summed E-state index contributed by atoms with van der Waals surface area (Å²) in [7, 11) is 0. The molecule has 0 atom stereocenters. The lowest BCUT2D eigenvalue weighted by Gasteiger charge is -2.34. The van der Waals surface area contributed by atoms with Crippen LogP contribution in [-0.4, -0.2) is 60.1 Å². The molecule has 0 saturated carbocycles. The lowest BCUT2D eigenvalue weighted by atomic mass is 10.3. The molecule has 2 rings (SSSR count). The number of hydrogen-bond donors (Lipinski definition) is 1. The summed E-state index contributed by atoms with van der Waals surface area (Å²) < 4.78 is 5.40. The topological polar surface area (TPSA) is 53.0 Å². The first-order valence-corrected chi connectivity index (χ1v) is 6.72. The number of piperazine rings is 1. The quantitative estimate of drug-likeness (QED) is 0.818. The molecule has 0 aromatic heterocycles. The molecule has 1 amide bonds. The van der Waals surface area contributed by atoms with Gasteiger partial charge < -0.3 is 14.7 Å². The Morgan fingerprint density at radius 1 is 1.35 bits per heavy atom. The van der Waals surface area contributed by atoms with Gasteiger partial charge in [-0.2, -0.15) is 0 Å². The van der Waals surface area contributed by atoms with Crippen LogP contribution in [0.25, 0.3) is 0 Å². The third-order valence-corrected chi connectivity index (χ3v) is 3.29. The number of phenolic OH excluding ortho intramolecular Hbond substituents is 1. The van der Waals surface area contributed by atoms with E-state index in [1.807, 2.05) is 11.0 Å². The van der Waals surface area contributed by atoms with Crippen molar-refractivity contribution in [2.45, 2.75) is 0 Å². The maximum Gasteiger partial charge on any atom is 0.260 e. The number of aromatic hydroxyl groups is 1. The van der Waals surface area contributed by atoms with Crippen molar-refractivity contribution in [1.82, 2.24) is 9.80 Å². The van der Waals surface area contributed by atoms with E-state index < -0.39 is 0 Å². The first kappa shape index (κ1) is 14.4. The van der Waals surface area contributed by atoms with E-state index in [4.69, 9.17) is 4.74 Å². The largest absolute Gasteiger partial charge is 0.508 e. The summed E-state index contributed by atoms with van der Waals surface area (Å²) in [5.41, 5.74) is 0. The van der Waals surface area contributed by atoms with E-state index in [9.17, 15) is 9.90 Å². The fourth-order valence-corrected chi connectivity index (χ4v) is 2.17. The Balaban J connectivity index is 1.77. The minimum atomic E-state index is -0.0217. The molecule has 1 aromatic carbocycles. The van der Waals surface area contributed by atoms with Gasteiger partial charge in [-0.25, -0.2) is 0 Å². The van der Waals surface area contributed by atoms with Crippen LogP contribution >= 0.6 is 0 Å². The van der Waals surface area contributed by atoms with Crippen molar-refractivity contribution in [3.05, 3.63) is 36.9 Å². The van der Waals surface area contributed by atoms with Gasteiger partial charge >= 0.3 is 0 Å². The number of ether oxygens (including phenoxy) is 1. The number of hydrogen-bond acceptors (Lipinski definition) is 4. The molecule has 0 unspecified atom stereocenters. The fourth-order valence-electron chi connectivity index (χ4n) is 2.17. The van der Waals surface area contributed by atoms with Crippen LogP contribution in [0.15, 0.2) is 36.9 Å². The lowest BCUT2D eigenvalue weighted by Crippen LogP contribution is -2.49. The van der Waals surface area contributed by atoms with Crippen LogP contribution in [0.5, 0.6) is 11.5 Å². The monoisotopic (exact) mass is 276 g/mol. The molecule has 1 N–H and O–H groups in total. The highest BCUT2D eigenvalue weighted by Gasteiger charge is 2.20. The van der Waals surface area contributed by atoms with Crippen LogP contribution in [0.1, 0.15) is 0 Å². The minimum absolute atomic E-state index is 0.00487. The summed E-state index contributed by atoms with van der Waals surface area (Å²) in [5.74, 6) is 0.614. The van der Waals surface area contributed by atoms with E-state index in [1.165, 1.54) is 6.07 Å². The summed E-state index contributed by atoms with van der Waals surface area (Å²) >= 11 is 0. The molecule has 20 heavy (non-hydrogen) atoms. The van der Waals surface area contributed by atoms with E-state index >= 15 is 0 Å². The molecule has 1 saturated heterocycles. The summed E-state index contributed by atoms with van der Waals surface area (Å²) in [6, 6.07) is 6.46. The van der Waals surface area contributed by atoms with Crippen LogP contribution < -0.4 is 4.74 Å². The van der Waals surface area contributed by atoms with Crippen LogP contribution in [-0.2, 0) is 4.79 Å². The number of carbonyl (C=O) groups is 1. The van der Waals surface area contributed by atoms with Gasteiger partial charge in [0.15, 0.2) is 6.61 Å². The summed E-state index contributed by atoms with van der Waals surface area (Å²) in [4.78, 5) is 16.1. The third-order valence-electron chi connectivity index (χ3n) is 3.29. The molecule has 108 valence electrons. The molecule has 1 aromatic rings. The number of phenols is 1. The van der Waals surface area contributed by atoms with Gasteiger partial charge in [0.2, 0.25) is 0 Å². The lowest BCUT2D eigenvalue weighted by molar-refractivity contribution is -0.135. The molecule has 5 nitrogen and oxygen atoms in total. The molecule has 0 radical (unpaired) electrons. The van der Waals surface area contributed by atoms with E-state index in [1.54, 1.807) is 18.2 Å². The first-order valence-electron chi connectivity index (χ1n) is 6.72. The van der Waals surface area contributed by atoms with Crippen molar-refractivity contribution in [3.8, 4) is 11.5 Å². The third kappa shape index (κ3) is 3.99. The highest BCUT2D eigenvalue weighted by atomic mass is 16.5. The fraction of sp³-hybridized carbons (Fsp3) is 0.400. The molecular formula is C15H20N2O3. The second-order valence-electron chi connectivity index (χ2n) is 4.76. The Bertz CT molecular complexity index is 468. The second kappa shape index (κ2) is 6.96. The molecule has 0 spiro atoms. The molecular weight excluding hydrogens is 256 g/mol. The number of nitrogens with zero attached hydrogens (tertiary/aromatic N) is 2. The van der Waals surface area contributed by atoms with E-state index in [2.05, 4.69) is 11.5 Å². The molecule has 0 bridgehead atoms. The standard InChI is InChI=1S/C15H20N2O3/c1-2-6-16-7-9-17(10-8-16)15(19)12-20-14-5-3-4-13(18)11-14/h2-5,11,18H,1,6-10,12H2. The van der Waals surface area contributed by atoms with Gasteiger partial charge in [0, 0.05) is 38.8 Å². The number of benzene rings is 1. The molecule has 1 heterocycles. The molecule has 1 fully saturated rings. The van der Waals surface area contributed by atoms with Crippen LogP contribution in [0.2, 0.25) is 0 Å². The summed E-state index contributed by atoms with van der Waals surface area (Å²) in [6.07, 6.45) is 1.88. The first-order chi connectivity index (χ1) is 9.69. The Morgan fingerprint density at radius 2 is 2.10 bits per heavy atom. The van der Waals surface area contributed by atoms with Gasteiger partial charge in [0.1, 0.15) is 11.5 Å². The Labute approximate surface area is 119 Å². The average Bonchev–Trinajstić information content (AvgIpc) is 2.46. The average molecular weight is 276 g/mol. The van der Waals surface area contributed by atoms with Gasteiger partial charge in [0.25, 0.3) is 5.91 Å². The Kier molecular flexibility index (Phi) is 5.01.